The van der Waals surface area contributed by atoms with Crippen LogP contribution in [-0.2, 0) is 9.59 Å². The van der Waals surface area contributed by atoms with Crippen molar-refractivity contribution in [2.75, 3.05) is 32.1 Å². The van der Waals surface area contributed by atoms with Gasteiger partial charge in [0.1, 0.15) is 11.5 Å². The Balaban J connectivity index is 1.40. The van der Waals surface area contributed by atoms with Gasteiger partial charge in [0.05, 0.1) is 12.8 Å². The van der Waals surface area contributed by atoms with Crippen molar-refractivity contribution in [3.05, 3.63) is 54.6 Å². The number of ether oxygens (including phenoxy) is 2. The molecule has 0 saturated carbocycles. The predicted octanol–water partition coefficient (Wildman–Crippen LogP) is 2.66. The van der Waals surface area contributed by atoms with E-state index < -0.39 is 11.8 Å². The number of para-hydroxylation sites is 3. The SMILES string of the molecule is COc1ccccc1NC(=O)C(=O)NCC1CCN(C(=O)Oc2ccccc2)CC1. The Kier molecular flexibility index (Phi) is 7.26. The molecule has 1 heterocycles. The molecule has 1 saturated heterocycles. The molecule has 1 fully saturated rings. The highest BCUT2D eigenvalue weighted by Crippen LogP contribution is 2.23. The molecule has 8 nitrogen and oxygen atoms in total. The molecule has 3 amide bonds. The van der Waals surface area contributed by atoms with Crippen molar-refractivity contribution in [2.24, 2.45) is 5.92 Å². The summed E-state index contributed by atoms with van der Waals surface area (Å²) in [5, 5.41) is 5.22. The quantitative estimate of drug-likeness (QED) is 0.738. The average Bonchev–Trinajstić information content (AvgIpc) is 2.78. The number of piperidine rings is 1. The van der Waals surface area contributed by atoms with Gasteiger partial charge >= 0.3 is 17.9 Å². The number of anilines is 1. The fourth-order valence-corrected chi connectivity index (χ4v) is 3.22. The monoisotopic (exact) mass is 411 g/mol. The molecule has 2 N–H and O–H groups in total. The summed E-state index contributed by atoms with van der Waals surface area (Å²) in [6.07, 6.45) is 1.07. The van der Waals surface area contributed by atoms with Crippen LogP contribution in [0.2, 0.25) is 0 Å². The fourth-order valence-electron chi connectivity index (χ4n) is 3.22. The molecular weight excluding hydrogens is 386 g/mol. The van der Waals surface area contributed by atoms with Crippen molar-refractivity contribution in [3.8, 4) is 11.5 Å². The van der Waals surface area contributed by atoms with Crippen LogP contribution >= 0.6 is 0 Å². The van der Waals surface area contributed by atoms with Gasteiger partial charge in [0.25, 0.3) is 0 Å². The van der Waals surface area contributed by atoms with E-state index in [-0.39, 0.29) is 12.0 Å². The highest BCUT2D eigenvalue weighted by molar-refractivity contribution is 6.39. The van der Waals surface area contributed by atoms with Gasteiger partial charge in [0.15, 0.2) is 0 Å². The zero-order valence-corrected chi connectivity index (χ0v) is 16.8. The average molecular weight is 411 g/mol. The lowest BCUT2D eigenvalue weighted by molar-refractivity contribution is -0.136. The summed E-state index contributed by atoms with van der Waals surface area (Å²) in [5.74, 6) is -0.268. The maximum atomic E-state index is 12.2. The lowest BCUT2D eigenvalue weighted by Gasteiger charge is -2.31. The Morgan fingerprint density at radius 1 is 0.967 bits per heavy atom. The van der Waals surface area contributed by atoms with E-state index in [9.17, 15) is 14.4 Å². The maximum Gasteiger partial charge on any atom is 0.415 e. The van der Waals surface area contributed by atoms with Gasteiger partial charge in [-0.05, 0) is 43.0 Å². The molecule has 1 aliphatic rings. The van der Waals surface area contributed by atoms with E-state index in [2.05, 4.69) is 10.6 Å². The van der Waals surface area contributed by atoms with E-state index in [1.54, 1.807) is 41.3 Å². The smallest absolute Gasteiger partial charge is 0.415 e. The molecule has 158 valence electrons. The zero-order valence-electron chi connectivity index (χ0n) is 16.8. The lowest BCUT2D eigenvalue weighted by Crippen LogP contribution is -2.44. The number of rotatable bonds is 5. The number of hydrogen-bond acceptors (Lipinski definition) is 5. The molecule has 0 spiro atoms. The Hall–Kier alpha value is -3.55. The van der Waals surface area contributed by atoms with Gasteiger partial charge in [-0.2, -0.15) is 0 Å². The van der Waals surface area contributed by atoms with Crippen LogP contribution < -0.4 is 20.1 Å². The highest BCUT2D eigenvalue weighted by Gasteiger charge is 2.25. The van der Waals surface area contributed by atoms with Crippen LogP contribution in [0.5, 0.6) is 11.5 Å². The minimum atomic E-state index is -0.747. The van der Waals surface area contributed by atoms with Gasteiger partial charge in [-0.1, -0.05) is 30.3 Å². The molecule has 30 heavy (non-hydrogen) atoms. The second-order valence-electron chi connectivity index (χ2n) is 6.98. The number of hydrogen-bond donors (Lipinski definition) is 2. The normalized spacial score (nSPS) is 14.0. The fraction of sp³-hybridized carbons (Fsp3) is 0.318. The van der Waals surface area contributed by atoms with Crippen LogP contribution in [0.4, 0.5) is 10.5 Å². The number of nitrogens with zero attached hydrogens (tertiary/aromatic N) is 1. The summed E-state index contributed by atoms with van der Waals surface area (Å²) in [4.78, 5) is 38.1. The molecule has 0 radical (unpaired) electrons. The molecule has 0 aliphatic carbocycles. The van der Waals surface area contributed by atoms with E-state index in [4.69, 9.17) is 9.47 Å². The summed E-state index contributed by atoms with van der Waals surface area (Å²) in [5.41, 5.74) is 0.436. The number of carbonyl (C=O) groups excluding carboxylic acids is 3. The first-order valence-electron chi connectivity index (χ1n) is 9.81. The first kappa shape index (κ1) is 21.2. The van der Waals surface area contributed by atoms with Gasteiger partial charge in [-0.15, -0.1) is 0 Å². The summed E-state index contributed by atoms with van der Waals surface area (Å²) in [6.45, 7) is 1.46. The minimum absolute atomic E-state index is 0.189. The molecule has 0 bridgehead atoms. The van der Waals surface area contributed by atoms with Gasteiger partial charge in [-0.25, -0.2) is 4.79 Å². The molecule has 2 aromatic rings. The standard InChI is InChI=1S/C22H25N3O5/c1-29-19-10-6-5-9-18(19)24-21(27)20(26)23-15-16-11-13-25(14-12-16)22(28)30-17-7-3-2-4-8-17/h2-10,16H,11-15H2,1H3,(H,23,26)(H,24,27). The number of methoxy groups -OCH3 is 1. The first-order chi connectivity index (χ1) is 14.6. The minimum Gasteiger partial charge on any atom is -0.495 e. The summed E-state index contributed by atoms with van der Waals surface area (Å²) in [6, 6.07) is 15.8. The second-order valence-corrected chi connectivity index (χ2v) is 6.98. The van der Waals surface area contributed by atoms with Crippen LogP contribution in [0, 0.1) is 5.92 Å². The summed E-state index contributed by atoms with van der Waals surface area (Å²) >= 11 is 0. The highest BCUT2D eigenvalue weighted by atomic mass is 16.6. The molecule has 0 atom stereocenters. The Bertz CT molecular complexity index is 879. The van der Waals surface area contributed by atoms with Crippen molar-refractivity contribution < 1.29 is 23.9 Å². The van der Waals surface area contributed by atoms with Crippen LogP contribution in [0.3, 0.4) is 0 Å². The molecule has 1 aliphatic heterocycles. The third-order valence-electron chi connectivity index (χ3n) is 4.93. The van der Waals surface area contributed by atoms with E-state index in [1.807, 2.05) is 18.2 Å². The number of amides is 3. The van der Waals surface area contributed by atoms with Crippen molar-refractivity contribution in [3.63, 3.8) is 0 Å². The Labute approximate surface area is 175 Å². The molecule has 2 aromatic carbocycles. The molecule has 3 rings (SSSR count). The zero-order chi connectivity index (χ0) is 21.3. The number of carbonyl (C=O) groups is 3. The van der Waals surface area contributed by atoms with Crippen molar-refractivity contribution in [1.82, 2.24) is 10.2 Å². The molecular formula is C22H25N3O5. The Morgan fingerprint density at radius 2 is 1.63 bits per heavy atom. The first-order valence-corrected chi connectivity index (χ1v) is 9.81. The third-order valence-corrected chi connectivity index (χ3v) is 4.93. The molecule has 8 heteroatoms. The van der Waals surface area contributed by atoms with Crippen LogP contribution in [0.15, 0.2) is 54.6 Å². The lowest BCUT2D eigenvalue weighted by atomic mass is 9.97. The number of likely N-dealkylation sites (tertiary alicyclic amines) is 1. The predicted molar refractivity (Wildman–Crippen MR) is 111 cm³/mol. The van der Waals surface area contributed by atoms with E-state index in [0.717, 1.165) is 12.8 Å². The summed E-state index contributed by atoms with van der Waals surface area (Å²) < 4.78 is 10.5. The number of benzene rings is 2. The molecule has 0 unspecified atom stereocenters. The van der Waals surface area contributed by atoms with Crippen molar-refractivity contribution in [2.45, 2.75) is 12.8 Å². The van der Waals surface area contributed by atoms with Crippen LogP contribution in [0.1, 0.15) is 12.8 Å². The Morgan fingerprint density at radius 3 is 2.33 bits per heavy atom. The van der Waals surface area contributed by atoms with Gasteiger partial charge < -0.3 is 25.0 Å². The van der Waals surface area contributed by atoms with E-state index in [1.165, 1.54) is 7.11 Å². The van der Waals surface area contributed by atoms with E-state index in [0.29, 0.717) is 36.8 Å². The third kappa shape index (κ3) is 5.73. The van der Waals surface area contributed by atoms with E-state index >= 15 is 0 Å². The van der Waals surface area contributed by atoms with Crippen LogP contribution in [0.25, 0.3) is 0 Å². The number of nitrogens with one attached hydrogen (secondary N) is 2. The molecule has 0 aromatic heterocycles. The topological polar surface area (TPSA) is 97.0 Å². The second kappa shape index (κ2) is 10.3. The van der Waals surface area contributed by atoms with Gasteiger partial charge in [0.2, 0.25) is 0 Å². The van der Waals surface area contributed by atoms with Gasteiger partial charge in [0, 0.05) is 19.6 Å². The van der Waals surface area contributed by atoms with Gasteiger partial charge in [-0.3, -0.25) is 9.59 Å². The van der Waals surface area contributed by atoms with Crippen molar-refractivity contribution >= 4 is 23.6 Å². The summed E-state index contributed by atoms with van der Waals surface area (Å²) in [7, 11) is 1.49. The largest absolute Gasteiger partial charge is 0.495 e. The van der Waals surface area contributed by atoms with Crippen molar-refractivity contribution in [1.29, 1.82) is 0 Å². The maximum absolute atomic E-state index is 12.2. The van der Waals surface area contributed by atoms with Crippen LogP contribution in [-0.4, -0.2) is 49.6 Å².